The lowest BCUT2D eigenvalue weighted by Gasteiger charge is -2.29. The molecule has 0 amide bonds. The number of halogens is 3. The standard InChI is InChI=1S/C19H29F3N4/c1-3-23-18(24-10-7-15-8-11-26(2)12-9-15)25-14-16-5-4-6-17(13-16)19(20,21)22/h4-6,13,15H,3,7-12,14H2,1-2H3,(H2,23,24,25). The maximum atomic E-state index is 12.8. The van der Waals surface area contributed by atoms with Crippen LogP contribution < -0.4 is 10.6 Å². The van der Waals surface area contributed by atoms with Gasteiger partial charge in [0.15, 0.2) is 5.96 Å². The van der Waals surface area contributed by atoms with Gasteiger partial charge in [0.1, 0.15) is 0 Å². The zero-order valence-corrected chi connectivity index (χ0v) is 15.6. The number of guanidine groups is 1. The Morgan fingerprint density at radius 1 is 1.23 bits per heavy atom. The highest BCUT2D eigenvalue weighted by Crippen LogP contribution is 2.29. The summed E-state index contributed by atoms with van der Waals surface area (Å²) in [6, 6.07) is 5.33. The number of piperidine rings is 1. The topological polar surface area (TPSA) is 39.7 Å². The number of nitrogens with one attached hydrogen (secondary N) is 2. The fourth-order valence-electron chi connectivity index (χ4n) is 3.10. The summed E-state index contributed by atoms with van der Waals surface area (Å²) in [5, 5.41) is 6.45. The molecule has 0 aliphatic carbocycles. The van der Waals surface area contributed by atoms with Gasteiger partial charge in [0, 0.05) is 13.1 Å². The first-order valence-electron chi connectivity index (χ1n) is 9.25. The SMILES string of the molecule is CCNC(=NCc1cccc(C(F)(F)F)c1)NCCC1CCN(C)CC1. The molecule has 2 rings (SSSR count). The first kappa shape index (κ1) is 20.6. The second kappa shape index (κ2) is 9.80. The molecule has 1 aliphatic heterocycles. The zero-order valence-electron chi connectivity index (χ0n) is 15.6. The second-order valence-corrected chi connectivity index (χ2v) is 6.86. The van der Waals surface area contributed by atoms with Crippen LogP contribution in [0.15, 0.2) is 29.3 Å². The van der Waals surface area contributed by atoms with E-state index < -0.39 is 11.7 Å². The van der Waals surface area contributed by atoms with E-state index in [4.69, 9.17) is 0 Å². The van der Waals surface area contributed by atoms with E-state index in [1.54, 1.807) is 6.07 Å². The maximum absolute atomic E-state index is 12.8. The van der Waals surface area contributed by atoms with Gasteiger partial charge in [-0.05, 0) is 69.9 Å². The summed E-state index contributed by atoms with van der Waals surface area (Å²) >= 11 is 0. The van der Waals surface area contributed by atoms with Gasteiger partial charge in [0.2, 0.25) is 0 Å². The molecule has 146 valence electrons. The predicted molar refractivity (Wildman–Crippen MR) is 99.1 cm³/mol. The molecule has 1 aromatic rings. The molecule has 0 saturated carbocycles. The van der Waals surface area contributed by atoms with Crippen LogP contribution in [0.5, 0.6) is 0 Å². The first-order chi connectivity index (χ1) is 12.4. The molecule has 0 atom stereocenters. The monoisotopic (exact) mass is 370 g/mol. The van der Waals surface area contributed by atoms with Gasteiger partial charge in [-0.25, -0.2) is 4.99 Å². The lowest BCUT2D eigenvalue weighted by Crippen LogP contribution is -2.39. The van der Waals surface area contributed by atoms with Crippen molar-refractivity contribution in [1.29, 1.82) is 0 Å². The van der Waals surface area contributed by atoms with Gasteiger partial charge in [-0.2, -0.15) is 13.2 Å². The Morgan fingerprint density at radius 3 is 2.62 bits per heavy atom. The molecule has 7 heteroatoms. The summed E-state index contributed by atoms with van der Waals surface area (Å²) in [7, 11) is 2.15. The molecular formula is C19H29F3N4. The van der Waals surface area contributed by atoms with E-state index >= 15 is 0 Å². The van der Waals surface area contributed by atoms with Crippen LogP contribution in [0.3, 0.4) is 0 Å². The van der Waals surface area contributed by atoms with Crippen molar-refractivity contribution in [3.8, 4) is 0 Å². The van der Waals surface area contributed by atoms with Crippen molar-refractivity contribution in [3.05, 3.63) is 35.4 Å². The Balaban J connectivity index is 1.86. The predicted octanol–water partition coefficient (Wildman–Crippen LogP) is 3.49. The fourth-order valence-corrected chi connectivity index (χ4v) is 3.10. The minimum atomic E-state index is -4.32. The van der Waals surface area contributed by atoms with E-state index in [0.717, 1.165) is 44.1 Å². The number of alkyl halides is 3. The summed E-state index contributed by atoms with van der Waals surface area (Å²) in [5.41, 5.74) is -0.0854. The Kier molecular flexibility index (Phi) is 7.75. The molecule has 1 aromatic carbocycles. The maximum Gasteiger partial charge on any atom is 0.416 e. The van der Waals surface area contributed by atoms with Crippen LogP contribution in [0.25, 0.3) is 0 Å². The number of rotatable bonds is 6. The Bertz CT molecular complexity index is 578. The molecule has 0 bridgehead atoms. The molecule has 26 heavy (non-hydrogen) atoms. The fraction of sp³-hybridized carbons (Fsp3) is 0.632. The van der Waals surface area contributed by atoms with Gasteiger partial charge >= 0.3 is 6.18 Å². The molecule has 1 saturated heterocycles. The molecule has 1 aliphatic rings. The van der Waals surface area contributed by atoms with Gasteiger partial charge in [-0.1, -0.05) is 12.1 Å². The second-order valence-electron chi connectivity index (χ2n) is 6.86. The molecule has 4 nitrogen and oxygen atoms in total. The highest BCUT2D eigenvalue weighted by atomic mass is 19.4. The van der Waals surface area contributed by atoms with Crippen LogP contribution in [0.1, 0.15) is 37.3 Å². The van der Waals surface area contributed by atoms with Crippen molar-refractivity contribution < 1.29 is 13.2 Å². The molecule has 0 unspecified atom stereocenters. The van der Waals surface area contributed by atoms with Gasteiger partial charge in [0.05, 0.1) is 12.1 Å². The van der Waals surface area contributed by atoms with Crippen molar-refractivity contribution in [1.82, 2.24) is 15.5 Å². The van der Waals surface area contributed by atoms with Crippen molar-refractivity contribution >= 4 is 5.96 Å². The number of likely N-dealkylation sites (tertiary alicyclic amines) is 1. The molecule has 0 spiro atoms. The quantitative estimate of drug-likeness (QED) is 0.595. The van der Waals surface area contributed by atoms with Gasteiger partial charge in [-0.15, -0.1) is 0 Å². The summed E-state index contributed by atoms with van der Waals surface area (Å²) in [5.74, 6) is 1.38. The van der Waals surface area contributed by atoms with E-state index in [1.807, 2.05) is 6.92 Å². The van der Waals surface area contributed by atoms with Gasteiger partial charge < -0.3 is 15.5 Å². The van der Waals surface area contributed by atoms with E-state index in [1.165, 1.54) is 18.9 Å². The highest BCUT2D eigenvalue weighted by molar-refractivity contribution is 5.79. The normalized spacial score (nSPS) is 17.3. The molecule has 2 N–H and O–H groups in total. The van der Waals surface area contributed by atoms with Crippen LogP contribution in [0.2, 0.25) is 0 Å². The Hall–Kier alpha value is -1.76. The molecule has 0 radical (unpaired) electrons. The summed E-state index contributed by atoms with van der Waals surface area (Å²) < 4.78 is 38.4. The average Bonchev–Trinajstić information content (AvgIpc) is 2.61. The largest absolute Gasteiger partial charge is 0.416 e. The highest BCUT2D eigenvalue weighted by Gasteiger charge is 2.30. The van der Waals surface area contributed by atoms with Crippen LogP contribution in [0.4, 0.5) is 13.2 Å². The van der Waals surface area contributed by atoms with Crippen molar-refractivity contribution in [3.63, 3.8) is 0 Å². The minimum absolute atomic E-state index is 0.216. The third kappa shape index (κ3) is 6.86. The summed E-state index contributed by atoms with van der Waals surface area (Å²) in [4.78, 5) is 6.77. The van der Waals surface area contributed by atoms with Gasteiger partial charge in [-0.3, -0.25) is 0 Å². The van der Waals surface area contributed by atoms with E-state index in [9.17, 15) is 13.2 Å². The third-order valence-electron chi connectivity index (χ3n) is 4.70. The molecule has 1 fully saturated rings. The number of aliphatic imine (C=N–C) groups is 1. The van der Waals surface area contributed by atoms with Crippen molar-refractivity contribution in [2.24, 2.45) is 10.9 Å². The summed E-state index contributed by atoms with van der Waals surface area (Å²) in [6.07, 6.45) is -0.801. The lowest BCUT2D eigenvalue weighted by molar-refractivity contribution is -0.137. The number of benzene rings is 1. The lowest BCUT2D eigenvalue weighted by atomic mass is 9.94. The minimum Gasteiger partial charge on any atom is -0.357 e. The number of hydrogen-bond donors (Lipinski definition) is 2. The van der Waals surface area contributed by atoms with Crippen LogP contribution in [-0.2, 0) is 12.7 Å². The van der Waals surface area contributed by atoms with E-state index in [-0.39, 0.29) is 6.54 Å². The molecule has 0 aromatic heterocycles. The average molecular weight is 370 g/mol. The van der Waals surface area contributed by atoms with E-state index in [2.05, 4.69) is 27.6 Å². The number of nitrogens with zero attached hydrogens (tertiary/aromatic N) is 2. The summed E-state index contributed by atoms with van der Waals surface area (Å²) in [6.45, 7) is 6.01. The van der Waals surface area contributed by atoms with Gasteiger partial charge in [0.25, 0.3) is 0 Å². The smallest absolute Gasteiger partial charge is 0.357 e. The Morgan fingerprint density at radius 2 is 1.96 bits per heavy atom. The zero-order chi connectivity index (χ0) is 19.0. The van der Waals surface area contributed by atoms with Crippen LogP contribution in [0, 0.1) is 5.92 Å². The van der Waals surface area contributed by atoms with Crippen LogP contribution in [-0.4, -0.2) is 44.1 Å². The first-order valence-corrected chi connectivity index (χ1v) is 9.25. The van der Waals surface area contributed by atoms with E-state index in [0.29, 0.717) is 18.1 Å². The molecular weight excluding hydrogens is 341 g/mol. The third-order valence-corrected chi connectivity index (χ3v) is 4.70. The number of hydrogen-bond acceptors (Lipinski definition) is 2. The van der Waals surface area contributed by atoms with Crippen LogP contribution >= 0.6 is 0 Å². The van der Waals surface area contributed by atoms with Crippen molar-refractivity contribution in [2.75, 3.05) is 33.2 Å². The molecule has 1 heterocycles. The Labute approximate surface area is 153 Å². The van der Waals surface area contributed by atoms with Crippen molar-refractivity contribution in [2.45, 2.75) is 38.9 Å².